The van der Waals surface area contributed by atoms with Gasteiger partial charge in [-0.05, 0) is 36.6 Å². The van der Waals surface area contributed by atoms with E-state index in [1.54, 1.807) is 13.3 Å². The number of hydrogen-bond acceptors (Lipinski definition) is 3. The van der Waals surface area contributed by atoms with Crippen molar-refractivity contribution in [2.75, 3.05) is 20.3 Å². The van der Waals surface area contributed by atoms with E-state index in [-0.39, 0.29) is 5.91 Å². The fourth-order valence-electron chi connectivity index (χ4n) is 3.67. The summed E-state index contributed by atoms with van der Waals surface area (Å²) in [4.78, 5) is 19.6. The Morgan fingerprint density at radius 2 is 2.12 bits per heavy atom. The number of methoxy groups -OCH3 is 1. The van der Waals surface area contributed by atoms with Gasteiger partial charge in [-0.2, -0.15) is 0 Å². The highest BCUT2D eigenvalue weighted by Gasteiger charge is 2.25. The molecule has 5 heteroatoms. The van der Waals surface area contributed by atoms with Crippen LogP contribution in [0.5, 0.6) is 0 Å². The normalized spacial score (nSPS) is 17.1. The number of ether oxygens (including phenoxy) is 1. The Morgan fingerprint density at radius 1 is 1.23 bits per heavy atom. The van der Waals surface area contributed by atoms with Gasteiger partial charge in [-0.3, -0.25) is 9.78 Å². The van der Waals surface area contributed by atoms with Crippen LogP contribution in [0, 0.1) is 5.92 Å². The van der Waals surface area contributed by atoms with E-state index in [1.165, 1.54) is 5.69 Å². The summed E-state index contributed by atoms with van der Waals surface area (Å²) in [6.07, 6.45) is 4.73. The van der Waals surface area contributed by atoms with Gasteiger partial charge in [0, 0.05) is 50.3 Å². The van der Waals surface area contributed by atoms with Gasteiger partial charge in [0.1, 0.15) is 0 Å². The third kappa shape index (κ3) is 3.35. The second-order valence-corrected chi connectivity index (χ2v) is 6.90. The van der Waals surface area contributed by atoms with Gasteiger partial charge in [0.25, 0.3) is 5.91 Å². The fourth-order valence-corrected chi connectivity index (χ4v) is 3.67. The Labute approximate surface area is 153 Å². The highest BCUT2D eigenvalue weighted by atomic mass is 16.5. The minimum atomic E-state index is 0.0420. The summed E-state index contributed by atoms with van der Waals surface area (Å²) < 4.78 is 7.52. The van der Waals surface area contributed by atoms with E-state index >= 15 is 0 Å². The zero-order valence-corrected chi connectivity index (χ0v) is 15.0. The lowest BCUT2D eigenvalue weighted by Crippen LogP contribution is -2.34. The molecular weight excluding hydrogens is 326 g/mol. The van der Waals surface area contributed by atoms with E-state index in [0.29, 0.717) is 24.6 Å². The van der Waals surface area contributed by atoms with Crippen molar-refractivity contribution < 1.29 is 9.53 Å². The maximum absolute atomic E-state index is 13.2. The van der Waals surface area contributed by atoms with Crippen LogP contribution in [0.3, 0.4) is 0 Å². The molecule has 1 amide bonds. The number of carbonyl (C=O) groups excluding carboxylic acids is 1. The Hall–Kier alpha value is -2.66. The highest BCUT2D eigenvalue weighted by Crippen LogP contribution is 2.22. The van der Waals surface area contributed by atoms with Gasteiger partial charge in [0.05, 0.1) is 17.6 Å². The summed E-state index contributed by atoms with van der Waals surface area (Å²) in [5.41, 5.74) is 2.73. The molecule has 5 nitrogen and oxygen atoms in total. The fraction of sp³-hybridized carbons (Fsp3) is 0.333. The van der Waals surface area contributed by atoms with E-state index in [4.69, 9.17) is 4.74 Å². The number of aromatic nitrogens is 2. The molecule has 134 valence electrons. The third-order valence-corrected chi connectivity index (χ3v) is 5.06. The van der Waals surface area contributed by atoms with Gasteiger partial charge in [-0.15, -0.1) is 0 Å². The van der Waals surface area contributed by atoms with E-state index in [2.05, 4.69) is 21.8 Å². The van der Waals surface area contributed by atoms with Gasteiger partial charge in [0.15, 0.2) is 0 Å². The maximum atomic E-state index is 13.2. The van der Waals surface area contributed by atoms with Crippen LogP contribution < -0.4 is 0 Å². The molecule has 1 aliphatic heterocycles. The SMILES string of the molecule is COCC[C@H]1CN(C(=O)c2cnc3ccccc3c2)Cc2cccn2C1. The number of carbonyl (C=O) groups is 1. The second kappa shape index (κ2) is 7.30. The average Bonchev–Trinajstić information content (AvgIpc) is 3.03. The molecule has 0 aliphatic carbocycles. The molecule has 1 aromatic carbocycles. The predicted molar refractivity (Wildman–Crippen MR) is 101 cm³/mol. The van der Waals surface area contributed by atoms with Crippen LogP contribution in [0.25, 0.3) is 10.9 Å². The number of para-hydroxylation sites is 1. The Kier molecular flexibility index (Phi) is 4.71. The lowest BCUT2D eigenvalue weighted by molar-refractivity contribution is 0.0705. The predicted octanol–water partition coefficient (Wildman–Crippen LogP) is 3.35. The molecule has 0 saturated carbocycles. The summed E-state index contributed by atoms with van der Waals surface area (Å²) in [7, 11) is 1.72. The molecule has 2 aromatic heterocycles. The molecule has 0 fully saturated rings. The first-order valence-corrected chi connectivity index (χ1v) is 9.01. The molecule has 0 bridgehead atoms. The summed E-state index contributed by atoms with van der Waals surface area (Å²) in [5.74, 6) is 0.418. The molecule has 3 heterocycles. The first-order chi connectivity index (χ1) is 12.7. The number of hydrogen-bond donors (Lipinski definition) is 0. The van der Waals surface area contributed by atoms with E-state index in [0.717, 1.165) is 30.4 Å². The average molecular weight is 349 g/mol. The van der Waals surface area contributed by atoms with Gasteiger partial charge in [-0.25, -0.2) is 0 Å². The van der Waals surface area contributed by atoms with E-state index < -0.39 is 0 Å². The summed E-state index contributed by atoms with van der Waals surface area (Å²) >= 11 is 0. The summed E-state index contributed by atoms with van der Waals surface area (Å²) in [6, 6.07) is 14.0. The van der Waals surface area contributed by atoms with Crippen molar-refractivity contribution >= 4 is 16.8 Å². The van der Waals surface area contributed by atoms with Crippen molar-refractivity contribution in [1.29, 1.82) is 0 Å². The number of rotatable bonds is 4. The third-order valence-electron chi connectivity index (χ3n) is 5.06. The molecular formula is C21H23N3O2. The zero-order chi connectivity index (χ0) is 17.9. The maximum Gasteiger partial charge on any atom is 0.255 e. The Balaban J connectivity index is 1.62. The van der Waals surface area contributed by atoms with E-state index in [1.807, 2.05) is 41.3 Å². The Bertz CT molecular complexity index is 918. The van der Waals surface area contributed by atoms with Crippen LogP contribution in [0.15, 0.2) is 54.9 Å². The van der Waals surface area contributed by atoms with Crippen molar-refractivity contribution in [1.82, 2.24) is 14.5 Å². The van der Waals surface area contributed by atoms with E-state index in [9.17, 15) is 4.79 Å². The molecule has 3 aromatic rings. The molecule has 0 radical (unpaired) electrons. The number of benzene rings is 1. The molecule has 0 spiro atoms. The topological polar surface area (TPSA) is 47.4 Å². The molecule has 26 heavy (non-hydrogen) atoms. The molecule has 0 saturated heterocycles. The van der Waals surface area contributed by atoms with Gasteiger partial charge < -0.3 is 14.2 Å². The van der Waals surface area contributed by atoms with Crippen molar-refractivity contribution in [3.05, 3.63) is 66.1 Å². The Morgan fingerprint density at radius 3 is 3.00 bits per heavy atom. The molecule has 1 atom stereocenters. The van der Waals surface area contributed by atoms with Crippen LogP contribution in [0.1, 0.15) is 22.5 Å². The minimum absolute atomic E-state index is 0.0420. The lowest BCUT2D eigenvalue weighted by atomic mass is 10.0. The van der Waals surface area contributed by atoms with Crippen molar-refractivity contribution in [3.8, 4) is 0 Å². The van der Waals surface area contributed by atoms with Crippen molar-refractivity contribution in [3.63, 3.8) is 0 Å². The van der Waals surface area contributed by atoms with Crippen LogP contribution in [-0.4, -0.2) is 40.6 Å². The zero-order valence-electron chi connectivity index (χ0n) is 15.0. The molecule has 0 unspecified atom stereocenters. The number of fused-ring (bicyclic) bond motifs is 2. The number of amides is 1. The molecule has 4 rings (SSSR count). The van der Waals surface area contributed by atoms with Crippen molar-refractivity contribution in [2.45, 2.75) is 19.5 Å². The molecule has 0 N–H and O–H groups in total. The highest BCUT2D eigenvalue weighted by molar-refractivity contribution is 5.97. The van der Waals surface area contributed by atoms with Crippen LogP contribution in [0.4, 0.5) is 0 Å². The van der Waals surface area contributed by atoms with Crippen LogP contribution in [-0.2, 0) is 17.8 Å². The van der Waals surface area contributed by atoms with Crippen LogP contribution >= 0.6 is 0 Å². The monoisotopic (exact) mass is 349 g/mol. The standard InChI is InChI=1S/C21H23N3O2/c1-26-10-8-16-13-23-9-4-6-19(23)15-24(14-16)21(25)18-11-17-5-2-3-7-20(17)22-12-18/h2-7,9,11-12,16H,8,10,13-15H2,1H3/t16-/m1/s1. The second-order valence-electron chi connectivity index (χ2n) is 6.90. The smallest absolute Gasteiger partial charge is 0.255 e. The van der Waals surface area contributed by atoms with Gasteiger partial charge in [0.2, 0.25) is 0 Å². The largest absolute Gasteiger partial charge is 0.385 e. The summed E-state index contributed by atoms with van der Waals surface area (Å²) in [5, 5.41) is 0.993. The van der Waals surface area contributed by atoms with Crippen LogP contribution in [0.2, 0.25) is 0 Å². The van der Waals surface area contributed by atoms with Gasteiger partial charge >= 0.3 is 0 Å². The number of pyridine rings is 1. The number of nitrogens with zero attached hydrogens (tertiary/aromatic N) is 3. The minimum Gasteiger partial charge on any atom is -0.385 e. The first-order valence-electron chi connectivity index (χ1n) is 9.01. The van der Waals surface area contributed by atoms with Crippen molar-refractivity contribution in [2.24, 2.45) is 5.92 Å². The van der Waals surface area contributed by atoms with Gasteiger partial charge in [-0.1, -0.05) is 18.2 Å². The first kappa shape index (κ1) is 16.8. The lowest BCUT2D eigenvalue weighted by Gasteiger charge is -2.24. The summed E-state index contributed by atoms with van der Waals surface area (Å²) in [6.45, 7) is 2.99. The quantitative estimate of drug-likeness (QED) is 0.726. The molecule has 1 aliphatic rings.